The summed E-state index contributed by atoms with van der Waals surface area (Å²) in [6, 6.07) is 58.7. The maximum absolute atomic E-state index is 6.90. The minimum atomic E-state index is -0.0714. The van der Waals surface area contributed by atoms with Crippen LogP contribution in [0.4, 0.5) is 17.1 Å². The maximum atomic E-state index is 6.90. The van der Waals surface area contributed by atoms with E-state index in [4.69, 9.17) is 9.41 Å². The van der Waals surface area contributed by atoms with Crippen molar-refractivity contribution in [3.05, 3.63) is 210 Å². The van der Waals surface area contributed by atoms with Gasteiger partial charge in [0.2, 0.25) is 0 Å². The minimum Gasteiger partial charge on any atom is -0.454 e. The summed E-state index contributed by atoms with van der Waals surface area (Å²) < 4.78 is 6.90. The highest BCUT2D eigenvalue weighted by molar-refractivity contribution is 6.17. The van der Waals surface area contributed by atoms with Gasteiger partial charge in [-0.1, -0.05) is 159 Å². The molecule has 57 heavy (non-hydrogen) atoms. The molecule has 1 unspecified atom stereocenters. The maximum Gasteiger partial charge on any atom is 0.160 e. The van der Waals surface area contributed by atoms with Gasteiger partial charge in [-0.2, -0.15) is 0 Å². The van der Waals surface area contributed by atoms with Crippen molar-refractivity contribution in [3.63, 3.8) is 0 Å². The molecule has 1 N–H and O–H groups in total. The topological polar surface area (TPSA) is 40.8 Å². The minimum absolute atomic E-state index is 0.0457. The molecule has 0 amide bonds. The normalized spacial score (nSPS) is 16.2. The van der Waals surface area contributed by atoms with Gasteiger partial charge in [-0.3, -0.25) is 0 Å². The standard InChI is InChI=1S/C53H39N3O/c1-53(2)43-21-11-9-19-40(43)42-33-38(29-31-44(42)53)56(37-17-7-4-8-18-37)47-32-30-39(49-41-20-10-14-24-48(41)57-52(47)49)34-25-27-36(28-26-34)51-50(35-15-5-3-6-16-35)54-45-22-12-13-23-46(45)55-51/h3-33,45,54H,1-2H3. The highest BCUT2D eigenvalue weighted by Gasteiger charge is 2.36. The molecule has 272 valence electrons. The summed E-state index contributed by atoms with van der Waals surface area (Å²) in [5.41, 5.74) is 17.5. The SMILES string of the molecule is CC1(C)c2ccccc2-c2cc(N(c3ccccc3)c3ccc(-c4ccc(C5=C(c6ccccc6)NC6C=CC=CC6=N5)cc4)c4c3oc3ccccc34)ccc21. The average molecular weight is 734 g/mol. The van der Waals surface area contributed by atoms with E-state index < -0.39 is 0 Å². The molecule has 1 aromatic heterocycles. The Morgan fingerprint density at radius 3 is 2.16 bits per heavy atom. The van der Waals surface area contributed by atoms with E-state index in [9.17, 15) is 0 Å². The average Bonchev–Trinajstić information content (AvgIpc) is 3.77. The Kier molecular flexibility index (Phi) is 7.55. The van der Waals surface area contributed by atoms with Crippen LogP contribution in [0.1, 0.15) is 36.1 Å². The summed E-state index contributed by atoms with van der Waals surface area (Å²) in [6.45, 7) is 4.66. The first-order chi connectivity index (χ1) is 28.0. The fourth-order valence-electron chi connectivity index (χ4n) is 9.09. The number of rotatable bonds is 6. The lowest BCUT2D eigenvalue weighted by atomic mass is 9.82. The summed E-state index contributed by atoms with van der Waals surface area (Å²) in [4.78, 5) is 7.57. The Bertz CT molecular complexity index is 3000. The number of nitrogens with zero attached hydrogens (tertiary/aromatic N) is 2. The van der Waals surface area contributed by atoms with Crippen molar-refractivity contribution in [1.29, 1.82) is 0 Å². The van der Waals surface area contributed by atoms with Crippen molar-refractivity contribution >= 4 is 56.1 Å². The lowest BCUT2D eigenvalue weighted by Crippen LogP contribution is -2.37. The van der Waals surface area contributed by atoms with E-state index in [0.717, 1.165) is 78.4 Å². The zero-order valence-electron chi connectivity index (χ0n) is 31.8. The van der Waals surface area contributed by atoms with E-state index >= 15 is 0 Å². The van der Waals surface area contributed by atoms with E-state index in [1.807, 2.05) is 6.07 Å². The van der Waals surface area contributed by atoms with Gasteiger partial charge >= 0.3 is 0 Å². The van der Waals surface area contributed by atoms with Gasteiger partial charge in [-0.25, -0.2) is 4.99 Å². The number of allylic oxidation sites excluding steroid dienone is 2. The first-order valence-electron chi connectivity index (χ1n) is 19.7. The zero-order valence-corrected chi connectivity index (χ0v) is 31.8. The number of para-hydroxylation sites is 2. The van der Waals surface area contributed by atoms with E-state index in [2.05, 4.69) is 206 Å². The number of fused-ring (bicyclic) bond motifs is 7. The van der Waals surface area contributed by atoms with Crippen molar-refractivity contribution in [3.8, 4) is 22.3 Å². The van der Waals surface area contributed by atoms with E-state index in [0.29, 0.717) is 0 Å². The second-order valence-corrected chi connectivity index (χ2v) is 15.6. The monoisotopic (exact) mass is 733 g/mol. The number of hydrogen-bond donors (Lipinski definition) is 1. The Hall–Kier alpha value is -7.17. The van der Waals surface area contributed by atoms with Crippen molar-refractivity contribution in [2.45, 2.75) is 25.3 Å². The first kappa shape index (κ1) is 33.2. The molecule has 0 saturated carbocycles. The number of benzene rings is 7. The van der Waals surface area contributed by atoms with Gasteiger partial charge in [0.15, 0.2) is 5.58 Å². The summed E-state index contributed by atoms with van der Waals surface area (Å²) in [5, 5.41) is 5.95. The van der Waals surface area contributed by atoms with Crippen LogP contribution in [0.3, 0.4) is 0 Å². The number of nitrogens with one attached hydrogen (secondary N) is 1. The molecule has 8 aromatic rings. The van der Waals surface area contributed by atoms with Crippen molar-refractivity contribution in [2.75, 3.05) is 4.90 Å². The molecule has 0 spiro atoms. The van der Waals surface area contributed by atoms with Crippen LogP contribution in [-0.4, -0.2) is 11.8 Å². The van der Waals surface area contributed by atoms with Crippen LogP contribution in [0.5, 0.6) is 0 Å². The van der Waals surface area contributed by atoms with Crippen LogP contribution < -0.4 is 10.2 Å². The van der Waals surface area contributed by atoms with Crippen molar-refractivity contribution in [2.24, 2.45) is 4.99 Å². The molecule has 3 aliphatic rings. The van der Waals surface area contributed by atoms with Crippen LogP contribution in [0.25, 0.3) is 55.6 Å². The third kappa shape index (κ3) is 5.32. The molecule has 0 radical (unpaired) electrons. The van der Waals surface area contributed by atoms with Gasteiger partial charge in [0, 0.05) is 33.1 Å². The second kappa shape index (κ2) is 13.0. The molecule has 7 aromatic carbocycles. The van der Waals surface area contributed by atoms with Gasteiger partial charge in [-0.05, 0) is 81.4 Å². The number of furan rings is 1. The van der Waals surface area contributed by atoms with Crippen LogP contribution in [0, 0.1) is 0 Å². The smallest absolute Gasteiger partial charge is 0.160 e. The highest BCUT2D eigenvalue weighted by atomic mass is 16.3. The van der Waals surface area contributed by atoms with Gasteiger partial charge < -0.3 is 14.6 Å². The molecular weight excluding hydrogens is 695 g/mol. The van der Waals surface area contributed by atoms with Crippen LogP contribution in [-0.2, 0) is 5.41 Å². The number of aliphatic imine (C=N–C) groups is 1. The van der Waals surface area contributed by atoms with Gasteiger partial charge in [-0.15, -0.1) is 0 Å². The van der Waals surface area contributed by atoms with E-state index in [1.54, 1.807) is 0 Å². The predicted molar refractivity (Wildman–Crippen MR) is 237 cm³/mol. The molecule has 0 saturated heterocycles. The fraction of sp³-hybridized carbons (Fsp3) is 0.0755. The van der Waals surface area contributed by atoms with Crippen molar-refractivity contribution < 1.29 is 4.42 Å². The molecule has 2 aliphatic carbocycles. The fourth-order valence-corrected chi connectivity index (χ4v) is 9.09. The molecule has 1 aliphatic heterocycles. The molecule has 2 heterocycles. The molecule has 4 nitrogen and oxygen atoms in total. The largest absolute Gasteiger partial charge is 0.454 e. The second-order valence-electron chi connectivity index (χ2n) is 15.6. The highest BCUT2D eigenvalue weighted by Crippen LogP contribution is 2.52. The Balaban J connectivity index is 1.07. The Morgan fingerprint density at radius 2 is 1.32 bits per heavy atom. The summed E-state index contributed by atoms with van der Waals surface area (Å²) in [7, 11) is 0. The van der Waals surface area contributed by atoms with Crippen LogP contribution in [0.2, 0.25) is 0 Å². The quantitative estimate of drug-likeness (QED) is 0.185. The lowest BCUT2D eigenvalue weighted by Gasteiger charge is -2.28. The van der Waals surface area contributed by atoms with Gasteiger partial charge in [0.25, 0.3) is 0 Å². The van der Waals surface area contributed by atoms with Gasteiger partial charge in [0.1, 0.15) is 5.58 Å². The Morgan fingerprint density at radius 1 is 0.596 bits per heavy atom. The third-order valence-electron chi connectivity index (χ3n) is 11.9. The molecule has 11 rings (SSSR count). The molecule has 1 atom stereocenters. The molecule has 0 bridgehead atoms. The van der Waals surface area contributed by atoms with Gasteiger partial charge in [0.05, 0.1) is 28.8 Å². The summed E-state index contributed by atoms with van der Waals surface area (Å²) in [6.07, 6.45) is 8.39. The number of hydrogen-bond acceptors (Lipinski definition) is 4. The Labute approximate surface area is 332 Å². The number of anilines is 3. The first-order valence-corrected chi connectivity index (χ1v) is 19.7. The third-order valence-corrected chi connectivity index (χ3v) is 11.9. The van der Waals surface area contributed by atoms with E-state index in [1.165, 1.54) is 22.3 Å². The van der Waals surface area contributed by atoms with Crippen LogP contribution >= 0.6 is 0 Å². The molecular formula is C53H39N3O. The predicted octanol–water partition coefficient (Wildman–Crippen LogP) is 13.4. The van der Waals surface area contributed by atoms with Crippen LogP contribution in [0.15, 0.2) is 198 Å². The summed E-state index contributed by atoms with van der Waals surface area (Å²) in [5.74, 6) is 0. The zero-order chi connectivity index (χ0) is 38.1. The molecule has 4 heteroatoms. The lowest BCUT2D eigenvalue weighted by molar-refractivity contribution is 0.660. The summed E-state index contributed by atoms with van der Waals surface area (Å²) >= 11 is 0. The molecule has 0 fully saturated rings. The van der Waals surface area contributed by atoms with E-state index in [-0.39, 0.29) is 11.5 Å². The van der Waals surface area contributed by atoms with Crippen molar-refractivity contribution in [1.82, 2.24) is 5.32 Å².